The van der Waals surface area contributed by atoms with E-state index in [4.69, 9.17) is 20.7 Å². The Kier molecular flexibility index (Phi) is 7.56. The molecule has 12 heteroatoms. The maximum atomic E-state index is 12.3. The van der Waals surface area contributed by atoms with E-state index in [2.05, 4.69) is 10.1 Å². The van der Waals surface area contributed by atoms with Crippen LogP contribution in [0.25, 0.3) is 0 Å². The van der Waals surface area contributed by atoms with Crippen LogP contribution < -0.4 is 15.8 Å². The third-order valence-corrected chi connectivity index (χ3v) is 3.82. The number of benzene rings is 2. The van der Waals surface area contributed by atoms with Crippen LogP contribution in [0.4, 0.5) is 18.9 Å². The van der Waals surface area contributed by atoms with E-state index in [1.165, 1.54) is 18.2 Å². The summed E-state index contributed by atoms with van der Waals surface area (Å²) in [4.78, 5) is 34.3. The van der Waals surface area contributed by atoms with Crippen molar-refractivity contribution < 1.29 is 47.2 Å². The highest BCUT2D eigenvalue weighted by molar-refractivity contribution is 6.04. The van der Waals surface area contributed by atoms with Gasteiger partial charge in [-0.25, -0.2) is 4.79 Å². The number of ether oxygens (including phenoxy) is 2. The van der Waals surface area contributed by atoms with E-state index in [1.54, 1.807) is 6.07 Å². The molecule has 0 aliphatic heterocycles. The van der Waals surface area contributed by atoms with Crippen LogP contribution in [-0.2, 0) is 20.9 Å². The van der Waals surface area contributed by atoms with Gasteiger partial charge in [-0.2, -0.15) is 0 Å². The van der Waals surface area contributed by atoms with Crippen molar-refractivity contribution in [2.45, 2.75) is 25.1 Å². The molecule has 0 aromatic heterocycles. The minimum Gasteiger partial charge on any atom is -0.480 e. The molecule has 31 heavy (non-hydrogen) atoms. The van der Waals surface area contributed by atoms with E-state index in [9.17, 15) is 27.6 Å². The molecule has 2 atom stereocenters. The molecule has 2 aromatic carbocycles. The highest BCUT2D eigenvalue weighted by atomic mass is 19.4. The Morgan fingerprint density at radius 1 is 1.03 bits per heavy atom. The van der Waals surface area contributed by atoms with Crippen LogP contribution in [0.1, 0.15) is 15.9 Å². The first-order valence-electron chi connectivity index (χ1n) is 8.55. The fourth-order valence-corrected chi connectivity index (χ4v) is 2.39. The van der Waals surface area contributed by atoms with Crippen LogP contribution in [0.2, 0.25) is 0 Å². The topological polar surface area (TPSA) is 148 Å². The number of amides is 1. The molecule has 9 nitrogen and oxygen atoms in total. The summed E-state index contributed by atoms with van der Waals surface area (Å²) in [5.41, 5.74) is 6.06. The number of anilines is 1. The van der Waals surface area contributed by atoms with Crippen molar-refractivity contribution in [1.82, 2.24) is 0 Å². The third kappa shape index (κ3) is 7.28. The van der Waals surface area contributed by atoms with Crippen molar-refractivity contribution in [3.8, 4) is 5.75 Å². The lowest BCUT2D eigenvalue weighted by atomic mass is 10.1. The summed E-state index contributed by atoms with van der Waals surface area (Å²) in [7, 11) is 0. The fourth-order valence-electron chi connectivity index (χ4n) is 2.39. The van der Waals surface area contributed by atoms with Gasteiger partial charge in [-0.15, -0.1) is 13.2 Å². The van der Waals surface area contributed by atoms with Crippen molar-refractivity contribution in [2.75, 3.05) is 5.32 Å². The van der Waals surface area contributed by atoms with E-state index in [1.807, 2.05) is 0 Å². The Balaban J connectivity index is 2.02. The van der Waals surface area contributed by atoms with E-state index in [0.29, 0.717) is 5.56 Å². The Morgan fingerprint density at radius 3 is 2.23 bits per heavy atom. The Labute approximate surface area is 173 Å². The molecule has 0 aliphatic rings. The molecular weight excluding hydrogens is 425 g/mol. The summed E-state index contributed by atoms with van der Waals surface area (Å²) in [5, 5.41) is 20.4. The quantitative estimate of drug-likeness (QED) is 0.462. The minimum atomic E-state index is -4.85. The predicted molar refractivity (Wildman–Crippen MR) is 99.3 cm³/mol. The van der Waals surface area contributed by atoms with Gasteiger partial charge in [0.15, 0.2) is 6.10 Å². The van der Waals surface area contributed by atoms with Crippen molar-refractivity contribution in [1.29, 1.82) is 0 Å². The number of alkyl halides is 3. The average Bonchev–Trinajstić information content (AvgIpc) is 2.67. The maximum Gasteiger partial charge on any atom is 0.573 e. The van der Waals surface area contributed by atoms with Crippen LogP contribution in [0.5, 0.6) is 5.75 Å². The van der Waals surface area contributed by atoms with Crippen molar-refractivity contribution in [3.05, 3.63) is 59.7 Å². The molecule has 2 rings (SSSR count). The molecular formula is C19H17F3N2O7. The number of halogens is 3. The number of nitrogens with one attached hydrogen (secondary N) is 1. The van der Waals surface area contributed by atoms with Gasteiger partial charge in [0.05, 0.1) is 6.61 Å². The van der Waals surface area contributed by atoms with Crippen molar-refractivity contribution >= 4 is 23.5 Å². The van der Waals surface area contributed by atoms with Crippen molar-refractivity contribution in [3.63, 3.8) is 0 Å². The number of carbonyl (C=O) groups is 3. The maximum absolute atomic E-state index is 12.3. The standard InChI is InChI=1S/C19H17F3N2O7/c20-19(21,22)31-13-6-4-11(5-7-13)16(25)24-12-3-1-2-10(8-12)9-30-15(18(28)29)14(23)17(26)27/h1-8,14-15H,9,23H2,(H,24,25)(H,26,27)(H,28,29)/t14-,15-/m0/s1. The van der Waals surface area contributed by atoms with Crippen LogP contribution in [0, 0.1) is 0 Å². The highest BCUT2D eigenvalue weighted by Gasteiger charge is 2.32. The Hall–Kier alpha value is -3.64. The molecule has 1 amide bonds. The number of nitrogens with two attached hydrogens (primary N) is 1. The minimum absolute atomic E-state index is 0.0644. The van der Waals surface area contributed by atoms with Gasteiger partial charge in [0.2, 0.25) is 0 Å². The molecule has 0 saturated heterocycles. The zero-order chi connectivity index (χ0) is 23.2. The number of rotatable bonds is 9. The van der Waals surface area contributed by atoms with Gasteiger partial charge in [-0.05, 0) is 42.0 Å². The molecule has 0 fully saturated rings. The molecule has 0 saturated carbocycles. The van der Waals surface area contributed by atoms with Crippen LogP contribution in [0.3, 0.4) is 0 Å². The first-order chi connectivity index (χ1) is 14.5. The van der Waals surface area contributed by atoms with Crippen LogP contribution in [0.15, 0.2) is 48.5 Å². The molecule has 2 aromatic rings. The van der Waals surface area contributed by atoms with Gasteiger partial charge in [0.25, 0.3) is 5.91 Å². The Morgan fingerprint density at radius 2 is 1.68 bits per heavy atom. The fraction of sp³-hybridized carbons (Fsp3) is 0.211. The summed E-state index contributed by atoms with van der Waals surface area (Å²) >= 11 is 0. The lowest BCUT2D eigenvalue weighted by Crippen LogP contribution is -2.47. The molecule has 0 unspecified atom stereocenters. The Bertz CT molecular complexity index is 948. The van der Waals surface area contributed by atoms with E-state index < -0.39 is 42.1 Å². The van der Waals surface area contributed by atoms with E-state index >= 15 is 0 Å². The summed E-state index contributed by atoms with van der Waals surface area (Å²) in [6, 6.07) is 8.54. The SMILES string of the molecule is N[C@H](C(=O)O)[C@H](OCc1cccc(NC(=O)c2ccc(OC(F)(F)F)cc2)c1)C(=O)O. The number of aliphatic carboxylic acids is 2. The van der Waals surface area contributed by atoms with Gasteiger partial charge in [-0.1, -0.05) is 12.1 Å². The molecule has 0 bridgehead atoms. The molecule has 0 heterocycles. The number of carbonyl (C=O) groups excluding carboxylic acids is 1. The molecule has 5 N–H and O–H groups in total. The number of hydrogen-bond acceptors (Lipinski definition) is 6. The van der Waals surface area contributed by atoms with Crippen LogP contribution in [-0.4, -0.2) is 46.6 Å². The van der Waals surface area contributed by atoms with Crippen molar-refractivity contribution in [2.24, 2.45) is 5.73 Å². The number of carboxylic acid groups (broad SMARTS) is 2. The zero-order valence-electron chi connectivity index (χ0n) is 15.6. The second kappa shape index (κ2) is 9.91. The summed E-state index contributed by atoms with van der Waals surface area (Å²) < 4.78 is 45.4. The lowest BCUT2D eigenvalue weighted by Gasteiger charge is -2.17. The monoisotopic (exact) mass is 442 g/mol. The van der Waals surface area contributed by atoms with E-state index in [0.717, 1.165) is 24.3 Å². The zero-order valence-corrected chi connectivity index (χ0v) is 15.6. The summed E-state index contributed by atoms with van der Waals surface area (Å²) in [6.07, 6.45) is -6.63. The highest BCUT2D eigenvalue weighted by Crippen LogP contribution is 2.23. The second-order valence-corrected chi connectivity index (χ2v) is 6.16. The lowest BCUT2D eigenvalue weighted by molar-refractivity contribution is -0.274. The van der Waals surface area contributed by atoms with Gasteiger partial charge >= 0.3 is 18.3 Å². The number of carboxylic acids is 2. The van der Waals surface area contributed by atoms with E-state index in [-0.39, 0.29) is 17.9 Å². The smallest absolute Gasteiger partial charge is 0.480 e. The third-order valence-electron chi connectivity index (χ3n) is 3.82. The van der Waals surface area contributed by atoms with Gasteiger partial charge in [0.1, 0.15) is 11.8 Å². The predicted octanol–water partition coefficient (Wildman–Crippen LogP) is 2.22. The second-order valence-electron chi connectivity index (χ2n) is 6.16. The first-order valence-corrected chi connectivity index (χ1v) is 8.55. The first kappa shape index (κ1) is 23.6. The van der Waals surface area contributed by atoms with Crippen LogP contribution >= 0.6 is 0 Å². The largest absolute Gasteiger partial charge is 0.573 e. The summed E-state index contributed by atoms with van der Waals surface area (Å²) in [5.74, 6) is -4.18. The average molecular weight is 442 g/mol. The number of hydrogen-bond donors (Lipinski definition) is 4. The molecule has 166 valence electrons. The molecule has 0 aliphatic carbocycles. The molecule has 0 radical (unpaired) electrons. The normalized spacial score (nSPS) is 13.2. The van der Waals surface area contributed by atoms with Gasteiger partial charge in [0, 0.05) is 11.3 Å². The molecule has 0 spiro atoms. The van der Waals surface area contributed by atoms with Gasteiger partial charge in [-0.3, -0.25) is 9.59 Å². The van der Waals surface area contributed by atoms with Gasteiger partial charge < -0.3 is 30.7 Å². The summed E-state index contributed by atoms with van der Waals surface area (Å²) in [6.45, 7) is -0.300.